The lowest BCUT2D eigenvalue weighted by Gasteiger charge is -2.25. The second-order valence-electron chi connectivity index (χ2n) is 5.97. The smallest absolute Gasteiger partial charge is 0.275 e. The van der Waals surface area contributed by atoms with E-state index in [1.807, 2.05) is 6.92 Å². The van der Waals surface area contributed by atoms with Gasteiger partial charge in [-0.25, -0.2) is 9.07 Å². The third-order valence-corrected chi connectivity index (χ3v) is 4.41. The Morgan fingerprint density at radius 3 is 2.36 bits per heavy atom. The van der Waals surface area contributed by atoms with Crippen LogP contribution in [0, 0.1) is 5.82 Å². The van der Waals surface area contributed by atoms with Gasteiger partial charge >= 0.3 is 0 Å². The van der Waals surface area contributed by atoms with Crippen LogP contribution in [0.4, 0.5) is 4.39 Å². The molecule has 3 rings (SSSR count). The molecule has 1 heterocycles. The first-order valence-corrected chi connectivity index (χ1v) is 7.89. The summed E-state index contributed by atoms with van der Waals surface area (Å²) in [6.07, 6.45) is 0. The highest BCUT2D eigenvalue weighted by molar-refractivity contribution is 6.04. The van der Waals surface area contributed by atoms with Gasteiger partial charge < -0.3 is 4.90 Å². The molecule has 1 atom stereocenters. The number of hydrogen-bond acceptors (Lipinski definition) is 3. The SMILES string of the molecule is CC(c1ccc(F)cc1)N(C)C(=O)c1nn(C)c(=O)c2ccccc12. The Balaban J connectivity index is 2.03. The molecule has 1 unspecified atom stereocenters. The molecule has 1 aromatic heterocycles. The number of rotatable bonds is 3. The van der Waals surface area contributed by atoms with Gasteiger partial charge in [0.2, 0.25) is 0 Å². The topological polar surface area (TPSA) is 55.2 Å². The van der Waals surface area contributed by atoms with Crippen LogP contribution in [0.3, 0.4) is 0 Å². The largest absolute Gasteiger partial charge is 0.334 e. The molecule has 0 aliphatic carbocycles. The minimum absolute atomic E-state index is 0.217. The fraction of sp³-hybridized carbons (Fsp3) is 0.211. The van der Waals surface area contributed by atoms with E-state index in [1.165, 1.54) is 28.8 Å². The minimum atomic E-state index is -0.323. The monoisotopic (exact) mass is 339 g/mol. The van der Waals surface area contributed by atoms with E-state index in [-0.39, 0.29) is 29.0 Å². The summed E-state index contributed by atoms with van der Waals surface area (Å²) in [4.78, 5) is 26.7. The highest BCUT2D eigenvalue weighted by Gasteiger charge is 2.23. The lowest BCUT2D eigenvalue weighted by atomic mass is 10.1. The van der Waals surface area contributed by atoms with Gasteiger partial charge in [-0.2, -0.15) is 5.10 Å². The summed E-state index contributed by atoms with van der Waals surface area (Å²) < 4.78 is 14.3. The average molecular weight is 339 g/mol. The molecule has 0 saturated carbocycles. The fourth-order valence-corrected chi connectivity index (χ4v) is 2.77. The van der Waals surface area contributed by atoms with Crippen molar-refractivity contribution in [2.75, 3.05) is 7.05 Å². The maximum atomic E-state index is 13.1. The zero-order valence-corrected chi connectivity index (χ0v) is 14.2. The molecule has 25 heavy (non-hydrogen) atoms. The van der Waals surface area contributed by atoms with Crippen LogP contribution < -0.4 is 5.56 Å². The number of hydrogen-bond donors (Lipinski definition) is 0. The molecular weight excluding hydrogens is 321 g/mol. The van der Waals surface area contributed by atoms with E-state index in [4.69, 9.17) is 0 Å². The molecule has 0 spiro atoms. The molecule has 6 heteroatoms. The minimum Gasteiger partial charge on any atom is -0.334 e. The van der Waals surface area contributed by atoms with E-state index >= 15 is 0 Å². The van der Waals surface area contributed by atoms with Crippen molar-refractivity contribution >= 4 is 16.7 Å². The van der Waals surface area contributed by atoms with E-state index in [0.717, 1.165) is 5.56 Å². The summed E-state index contributed by atoms with van der Waals surface area (Å²) >= 11 is 0. The highest BCUT2D eigenvalue weighted by Crippen LogP contribution is 2.22. The standard InChI is InChI=1S/C19H18FN3O2/c1-12(13-8-10-14(20)11-9-13)22(2)19(25)17-15-6-4-5-7-16(15)18(24)23(3)21-17/h4-12H,1-3H3. The summed E-state index contributed by atoms with van der Waals surface area (Å²) in [5, 5.41) is 5.14. The number of benzene rings is 2. The number of aryl methyl sites for hydroxylation is 1. The first-order valence-electron chi connectivity index (χ1n) is 7.89. The summed E-state index contributed by atoms with van der Waals surface area (Å²) in [6.45, 7) is 1.86. The second-order valence-corrected chi connectivity index (χ2v) is 5.97. The Hall–Kier alpha value is -3.02. The summed E-state index contributed by atoms with van der Waals surface area (Å²) in [5.41, 5.74) is 0.780. The molecule has 5 nitrogen and oxygen atoms in total. The Morgan fingerprint density at radius 2 is 1.72 bits per heavy atom. The van der Waals surface area contributed by atoms with Crippen LogP contribution >= 0.6 is 0 Å². The third kappa shape index (κ3) is 3.03. The van der Waals surface area contributed by atoms with Crippen molar-refractivity contribution in [3.8, 4) is 0 Å². The van der Waals surface area contributed by atoms with Crippen molar-refractivity contribution in [2.24, 2.45) is 7.05 Å². The third-order valence-electron chi connectivity index (χ3n) is 4.41. The number of amides is 1. The number of halogens is 1. The van der Waals surface area contributed by atoms with Crippen LogP contribution in [-0.2, 0) is 7.05 Å². The lowest BCUT2D eigenvalue weighted by Crippen LogP contribution is -2.33. The average Bonchev–Trinajstić information content (AvgIpc) is 2.63. The van der Waals surface area contributed by atoms with E-state index in [1.54, 1.807) is 43.4 Å². The molecule has 3 aromatic rings. The van der Waals surface area contributed by atoms with Crippen molar-refractivity contribution in [2.45, 2.75) is 13.0 Å². The molecule has 128 valence electrons. The van der Waals surface area contributed by atoms with Crippen LogP contribution in [0.2, 0.25) is 0 Å². The number of carbonyl (C=O) groups is 1. The van der Waals surface area contributed by atoms with Crippen LogP contribution in [0.15, 0.2) is 53.3 Å². The van der Waals surface area contributed by atoms with E-state index in [0.29, 0.717) is 10.8 Å². The molecule has 0 aliphatic heterocycles. The second kappa shape index (κ2) is 6.47. The maximum Gasteiger partial charge on any atom is 0.275 e. The van der Waals surface area contributed by atoms with Crippen molar-refractivity contribution < 1.29 is 9.18 Å². The van der Waals surface area contributed by atoms with Gasteiger partial charge in [-0.1, -0.05) is 30.3 Å². The molecule has 1 amide bonds. The van der Waals surface area contributed by atoms with Gasteiger partial charge in [-0.3, -0.25) is 9.59 Å². The zero-order valence-electron chi connectivity index (χ0n) is 14.2. The van der Waals surface area contributed by atoms with E-state index in [2.05, 4.69) is 5.10 Å². The number of fused-ring (bicyclic) bond motifs is 1. The van der Waals surface area contributed by atoms with Gasteiger partial charge in [0, 0.05) is 19.5 Å². The normalized spacial score (nSPS) is 12.2. The predicted octanol–water partition coefficient (Wildman–Crippen LogP) is 2.91. The first kappa shape index (κ1) is 16.8. The van der Waals surface area contributed by atoms with E-state index < -0.39 is 0 Å². The van der Waals surface area contributed by atoms with Crippen LogP contribution in [0.1, 0.15) is 29.0 Å². The van der Waals surface area contributed by atoms with Crippen molar-refractivity contribution in [1.29, 1.82) is 0 Å². The maximum absolute atomic E-state index is 13.1. The lowest BCUT2D eigenvalue weighted by molar-refractivity contribution is 0.0736. The molecule has 0 aliphatic rings. The van der Waals surface area contributed by atoms with Gasteiger partial charge in [-0.15, -0.1) is 0 Å². The number of nitrogens with zero attached hydrogens (tertiary/aromatic N) is 3. The molecule has 0 saturated heterocycles. The Bertz CT molecular complexity index is 996. The highest BCUT2D eigenvalue weighted by atomic mass is 19.1. The molecule has 0 fully saturated rings. The summed E-state index contributed by atoms with van der Waals surface area (Å²) in [5.74, 6) is -0.626. The first-order chi connectivity index (χ1) is 11.9. The van der Waals surface area contributed by atoms with Gasteiger partial charge in [0.05, 0.1) is 11.4 Å². The molecule has 2 aromatic carbocycles. The van der Waals surface area contributed by atoms with Gasteiger partial charge in [0.15, 0.2) is 5.69 Å². The van der Waals surface area contributed by atoms with Crippen molar-refractivity contribution in [3.05, 3.63) is 76.0 Å². The van der Waals surface area contributed by atoms with Crippen molar-refractivity contribution in [1.82, 2.24) is 14.7 Å². The number of aromatic nitrogens is 2. The van der Waals surface area contributed by atoms with Gasteiger partial charge in [0.1, 0.15) is 5.82 Å². The molecule has 0 bridgehead atoms. The Labute approximate surface area is 144 Å². The fourth-order valence-electron chi connectivity index (χ4n) is 2.77. The molecule has 0 N–H and O–H groups in total. The quantitative estimate of drug-likeness (QED) is 0.737. The van der Waals surface area contributed by atoms with E-state index in [9.17, 15) is 14.0 Å². The predicted molar refractivity (Wildman–Crippen MR) is 93.9 cm³/mol. The van der Waals surface area contributed by atoms with Gasteiger partial charge in [0.25, 0.3) is 11.5 Å². The summed E-state index contributed by atoms with van der Waals surface area (Å²) in [6, 6.07) is 12.7. The summed E-state index contributed by atoms with van der Waals surface area (Å²) in [7, 11) is 3.19. The van der Waals surface area contributed by atoms with Gasteiger partial charge in [-0.05, 0) is 30.7 Å². The Kier molecular flexibility index (Phi) is 4.35. The van der Waals surface area contributed by atoms with Crippen LogP contribution in [0.25, 0.3) is 10.8 Å². The molecule has 0 radical (unpaired) electrons. The molecular formula is C19H18FN3O2. The zero-order chi connectivity index (χ0) is 18.1. The van der Waals surface area contributed by atoms with Crippen LogP contribution in [0.5, 0.6) is 0 Å². The Morgan fingerprint density at radius 1 is 1.12 bits per heavy atom. The van der Waals surface area contributed by atoms with Crippen LogP contribution in [-0.4, -0.2) is 27.6 Å². The number of carbonyl (C=O) groups excluding carboxylic acids is 1. The van der Waals surface area contributed by atoms with Crippen molar-refractivity contribution in [3.63, 3.8) is 0 Å².